The Labute approximate surface area is 133 Å². The number of hydrogen-bond acceptors (Lipinski definition) is 6. The van der Waals surface area contributed by atoms with Crippen molar-refractivity contribution in [3.05, 3.63) is 56.4 Å². The summed E-state index contributed by atoms with van der Waals surface area (Å²) in [7, 11) is 0. The normalized spacial score (nSPS) is 9.52. The van der Waals surface area contributed by atoms with E-state index in [9.17, 15) is 14.4 Å². The van der Waals surface area contributed by atoms with E-state index in [1.807, 2.05) is 23.6 Å². The maximum absolute atomic E-state index is 10.5. The molecule has 0 amide bonds. The van der Waals surface area contributed by atoms with Crippen LogP contribution in [0.2, 0.25) is 0 Å². The minimum absolute atomic E-state index is 0.709. The van der Waals surface area contributed by atoms with Crippen LogP contribution >= 0.6 is 34.0 Å². The Morgan fingerprint density at radius 1 is 0.667 bits per heavy atom. The summed E-state index contributed by atoms with van der Waals surface area (Å²) < 4.78 is 0. The van der Waals surface area contributed by atoms with Crippen molar-refractivity contribution >= 4 is 52.9 Å². The van der Waals surface area contributed by atoms with E-state index in [2.05, 4.69) is 0 Å². The van der Waals surface area contributed by atoms with Crippen molar-refractivity contribution in [3.8, 4) is 9.75 Å². The molecule has 6 heteroatoms. The molecule has 0 aliphatic rings. The molecule has 0 spiro atoms. The minimum Gasteiger partial charge on any atom is -0.297 e. The summed E-state index contributed by atoms with van der Waals surface area (Å²) >= 11 is 4.33. The Balaban J connectivity index is 0.000000194. The van der Waals surface area contributed by atoms with Crippen molar-refractivity contribution in [3.63, 3.8) is 0 Å². The summed E-state index contributed by atoms with van der Waals surface area (Å²) in [6.45, 7) is 0. The van der Waals surface area contributed by atoms with Crippen LogP contribution in [0, 0.1) is 0 Å². The first-order valence-corrected chi connectivity index (χ1v) is 8.37. The second kappa shape index (κ2) is 7.78. The van der Waals surface area contributed by atoms with Crippen molar-refractivity contribution in [1.82, 2.24) is 0 Å². The van der Waals surface area contributed by atoms with E-state index in [0.717, 1.165) is 33.5 Å². The standard InChI is InChI=1S/C10H6O2S2.C5H4OS/c11-5-7-1-3-9(13-7)10-4-2-8(6-12)14-10;6-4-5-2-1-3-7-5/h1-6H;1-4H. The molecule has 3 heterocycles. The molecule has 3 rings (SSSR count). The molecule has 0 radical (unpaired) electrons. The summed E-state index contributed by atoms with van der Waals surface area (Å²) in [4.78, 5) is 35.1. The molecule has 3 aromatic rings. The van der Waals surface area contributed by atoms with Gasteiger partial charge in [-0.15, -0.1) is 34.0 Å². The highest BCUT2D eigenvalue weighted by atomic mass is 32.1. The van der Waals surface area contributed by atoms with Gasteiger partial charge in [0.1, 0.15) is 0 Å². The van der Waals surface area contributed by atoms with Crippen LogP contribution in [0.1, 0.15) is 29.0 Å². The quantitative estimate of drug-likeness (QED) is 0.652. The lowest BCUT2D eigenvalue weighted by Crippen LogP contribution is -1.63. The molecule has 0 unspecified atom stereocenters. The van der Waals surface area contributed by atoms with Gasteiger partial charge in [-0.3, -0.25) is 14.4 Å². The SMILES string of the molecule is O=Cc1ccc(-c2ccc(C=O)s2)s1.O=Cc1cccs1. The Morgan fingerprint density at radius 2 is 1.19 bits per heavy atom. The first kappa shape index (κ1) is 15.5. The first-order valence-electron chi connectivity index (χ1n) is 5.86. The van der Waals surface area contributed by atoms with Crippen molar-refractivity contribution in [2.45, 2.75) is 0 Å². The molecule has 0 aliphatic heterocycles. The average molecular weight is 334 g/mol. The van der Waals surface area contributed by atoms with Gasteiger partial charge in [0.15, 0.2) is 18.9 Å². The Hall–Kier alpha value is -1.89. The van der Waals surface area contributed by atoms with Crippen LogP contribution < -0.4 is 0 Å². The van der Waals surface area contributed by atoms with E-state index >= 15 is 0 Å². The van der Waals surface area contributed by atoms with Crippen LogP contribution in [0.4, 0.5) is 0 Å². The molecule has 0 N–H and O–H groups in total. The van der Waals surface area contributed by atoms with Crippen LogP contribution in [-0.2, 0) is 0 Å². The molecule has 0 saturated carbocycles. The fourth-order valence-electron chi connectivity index (χ4n) is 1.46. The molecule has 0 atom stereocenters. The van der Waals surface area contributed by atoms with E-state index in [1.165, 1.54) is 34.0 Å². The fraction of sp³-hybridized carbons (Fsp3) is 0. The van der Waals surface area contributed by atoms with Crippen LogP contribution in [0.15, 0.2) is 41.8 Å². The molecule has 0 bridgehead atoms. The molecule has 3 nitrogen and oxygen atoms in total. The molecule has 0 saturated heterocycles. The van der Waals surface area contributed by atoms with Crippen molar-refractivity contribution in [1.29, 1.82) is 0 Å². The highest BCUT2D eigenvalue weighted by Crippen LogP contribution is 2.32. The summed E-state index contributed by atoms with van der Waals surface area (Å²) in [6, 6.07) is 11.0. The van der Waals surface area contributed by atoms with E-state index in [1.54, 1.807) is 18.2 Å². The van der Waals surface area contributed by atoms with E-state index in [4.69, 9.17) is 0 Å². The Morgan fingerprint density at radius 3 is 1.48 bits per heavy atom. The smallest absolute Gasteiger partial charge is 0.160 e. The lowest BCUT2D eigenvalue weighted by molar-refractivity contribution is 0.111. The molecule has 3 aromatic heterocycles. The van der Waals surface area contributed by atoms with Crippen LogP contribution in [0.25, 0.3) is 9.75 Å². The highest BCUT2D eigenvalue weighted by Gasteiger charge is 2.05. The van der Waals surface area contributed by atoms with Gasteiger partial charge >= 0.3 is 0 Å². The van der Waals surface area contributed by atoms with Gasteiger partial charge < -0.3 is 0 Å². The largest absolute Gasteiger partial charge is 0.297 e. The molecular formula is C15H10O3S3. The third-order valence-corrected chi connectivity index (χ3v) is 5.40. The fourth-order valence-corrected chi connectivity index (χ4v) is 3.72. The third-order valence-electron chi connectivity index (χ3n) is 2.39. The van der Waals surface area contributed by atoms with Gasteiger partial charge in [0.05, 0.1) is 14.6 Å². The van der Waals surface area contributed by atoms with Gasteiger partial charge in [-0.25, -0.2) is 0 Å². The van der Waals surface area contributed by atoms with Crippen LogP contribution in [0.3, 0.4) is 0 Å². The highest BCUT2D eigenvalue weighted by molar-refractivity contribution is 7.23. The van der Waals surface area contributed by atoms with Crippen LogP contribution in [-0.4, -0.2) is 18.9 Å². The second-order valence-electron chi connectivity index (χ2n) is 3.77. The lowest BCUT2D eigenvalue weighted by Gasteiger charge is -1.86. The van der Waals surface area contributed by atoms with E-state index in [0.29, 0.717) is 9.75 Å². The predicted molar refractivity (Wildman–Crippen MR) is 88.1 cm³/mol. The van der Waals surface area contributed by atoms with Crippen LogP contribution in [0.5, 0.6) is 0 Å². The van der Waals surface area contributed by atoms with Gasteiger partial charge in [-0.2, -0.15) is 0 Å². The number of thiophene rings is 3. The molecular weight excluding hydrogens is 324 g/mol. The maximum Gasteiger partial charge on any atom is 0.160 e. The average Bonchev–Trinajstić information content (AvgIpc) is 3.26. The van der Waals surface area contributed by atoms with Gasteiger partial charge in [0.25, 0.3) is 0 Å². The number of aldehydes is 3. The van der Waals surface area contributed by atoms with Gasteiger partial charge in [-0.1, -0.05) is 6.07 Å². The first-order chi connectivity index (χ1) is 10.3. The predicted octanol–water partition coefficient (Wildman–Crippen LogP) is 4.66. The lowest BCUT2D eigenvalue weighted by atomic mass is 10.3. The zero-order valence-electron chi connectivity index (χ0n) is 10.7. The zero-order valence-corrected chi connectivity index (χ0v) is 13.2. The summed E-state index contributed by atoms with van der Waals surface area (Å²) in [5.74, 6) is 0. The van der Waals surface area contributed by atoms with Gasteiger partial charge in [0.2, 0.25) is 0 Å². The summed E-state index contributed by atoms with van der Waals surface area (Å²) in [5, 5.41) is 1.88. The van der Waals surface area contributed by atoms with E-state index < -0.39 is 0 Å². The van der Waals surface area contributed by atoms with Gasteiger partial charge in [-0.05, 0) is 35.7 Å². The van der Waals surface area contributed by atoms with Crippen molar-refractivity contribution < 1.29 is 14.4 Å². The number of hydrogen-bond donors (Lipinski definition) is 0. The number of rotatable bonds is 4. The monoisotopic (exact) mass is 334 g/mol. The maximum atomic E-state index is 10.5. The summed E-state index contributed by atoms with van der Waals surface area (Å²) in [6.07, 6.45) is 2.52. The molecule has 21 heavy (non-hydrogen) atoms. The zero-order chi connectivity index (χ0) is 15.1. The van der Waals surface area contributed by atoms with Crippen molar-refractivity contribution in [2.75, 3.05) is 0 Å². The van der Waals surface area contributed by atoms with E-state index in [-0.39, 0.29) is 0 Å². The topological polar surface area (TPSA) is 51.2 Å². The number of carbonyl (C=O) groups excluding carboxylic acids is 3. The molecule has 0 aliphatic carbocycles. The number of carbonyl (C=O) groups is 3. The molecule has 0 aromatic carbocycles. The van der Waals surface area contributed by atoms with Crippen molar-refractivity contribution in [2.24, 2.45) is 0 Å². The minimum atomic E-state index is 0.709. The third kappa shape index (κ3) is 4.29. The summed E-state index contributed by atoms with van der Waals surface area (Å²) in [5.41, 5.74) is 0. The Bertz CT molecular complexity index is 679. The van der Waals surface area contributed by atoms with Gasteiger partial charge in [0, 0.05) is 9.75 Å². The Kier molecular flexibility index (Phi) is 5.74. The molecule has 0 fully saturated rings. The second-order valence-corrected chi connectivity index (χ2v) is 6.98. The molecule has 106 valence electrons.